The van der Waals surface area contributed by atoms with E-state index in [0.29, 0.717) is 22.3 Å². The number of carbonyl (C=O) groups is 2. The highest BCUT2D eigenvalue weighted by atomic mass is 32.1. The van der Waals surface area contributed by atoms with Gasteiger partial charge in [-0.15, -0.1) is 11.3 Å². The molecule has 0 radical (unpaired) electrons. The fourth-order valence-corrected chi connectivity index (χ4v) is 7.63. The Bertz CT molecular complexity index is 2120. The third-order valence-electron chi connectivity index (χ3n) is 9.08. The second-order valence-corrected chi connectivity index (χ2v) is 13.8. The fourth-order valence-electron chi connectivity index (χ4n) is 6.45. The van der Waals surface area contributed by atoms with Crippen LogP contribution in [0.1, 0.15) is 57.0 Å². The minimum Gasteiger partial charge on any atom is -0.289 e. The molecule has 0 spiro atoms. The third-order valence-corrected chi connectivity index (χ3v) is 10.2. The fraction of sp³-hybridized carbons (Fsp3) is 0.0870. The Hall–Kier alpha value is -5.64. The van der Waals surface area contributed by atoms with Crippen molar-refractivity contribution in [1.82, 2.24) is 0 Å². The first-order valence-corrected chi connectivity index (χ1v) is 17.3. The first kappa shape index (κ1) is 31.9. The second-order valence-electron chi connectivity index (χ2n) is 12.7. The van der Waals surface area contributed by atoms with Crippen LogP contribution < -0.4 is 0 Å². The molecular formula is C46H36O2S. The van der Waals surface area contributed by atoms with Crippen molar-refractivity contribution in [2.24, 2.45) is 0 Å². The van der Waals surface area contributed by atoms with Crippen molar-refractivity contribution >= 4 is 45.2 Å². The van der Waals surface area contributed by atoms with Gasteiger partial charge < -0.3 is 0 Å². The molecule has 3 heteroatoms. The van der Waals surface area contributed by atoms with Crippen LogP contribution in [0.2, 0.25) is 0 Å². The first-order valence-electron chi connectivity index (χ1n) is 16.5. The van der Waals surface area contributed by atoms with Crippen LogP contribution in [-0.2, 0) is 9.59 Å². The molecule has 0 bridgehead atoms. The maximum absolute atomic E-state index is 13.4. The molecule has 1 aromatic heterocycles. The molecule has 0 fully saturated rings. The monoisotopic (exact) mass is 652 g/mol. The van der Waals surface area contributed by atoms with Crippen LogP contribution in [0, 0.1) is 13.8 Å². The first-order chi connectivity index (χ1) is 23.8. The van der Waals surface area contributed by atoms with Gasteiger partial charge in [-0.2, -0.15) is 0 Å². The Kier molecular flexibility index (Phi) is 8.78. The van der Waals surface area contributed by atoms with Crippen LogP contribution in [0.25, 0.3) is 22.3 Å². The topological polar surface area (TPSA) is 34.1 Å². The highest BCUT2D eigenvalue weighted by molar-refractivity contribution is 7.14. The van der Waals surface area contributed by atoms with Crippen molar-refractivity contribution in [3.05, 3.63) is 211 Å². The van der Waals surface area contributed by atoms with Gasteiger partial charge in [0.2, 0.25) is 0 Å². The highest BCUT2D eigenvalue weighted by Crippen LogP contribution is 2.42. The number of rotatable bonds is 6. The molecule has 0 aliphatic heterocycles. The molecule has 238 valence electrons. The normalized spacial score (nSPS) is 16.8. The van der Waals surface area contributed by atoms with Crippen molar-refractivity contribution in [2.75, 3.05) is 0 Å². The summed E-state index contributed by atoms with van der Waals surface area (Å²) < 4.78 is 0. The number of Topliss-reactive ketones (excluding diaryl/α,β-unsaturated/α-hetero) is 2. The number of ketones is 2. The van der Waals surface area contributed by atoms with E-state index in [2.05, 4.69) is 74.5 Å². The molecule has 0 N–H and O–H groups in total. The average molecular weight is 653 g/mol. The zero-order valence-corrected chi connectivity index (χ0v) is 28.9. The lowest BCUT2D eigenvalue weighted by Crippen LogP contribution is -2.09. The van der Waals surface area contributed by atoms with Gasteiger partial charge in [0.1, 0.15) is 0 Å². The predicted molar refractivity (Wildman–Crippen MR) is 205 cm³/mol. The van der Waals surface area contributed by atoms with E-state index in [-0.39, 0.29) is 11.6 Å². The zero-order chi connectivity index (χ0) is 34.1. The van der Waals surface area contributed by atoms with Crippen molar-refractivity contribution in [3.8, 4) is 0 Å². The largest absolute Gasteiger partial charge is 0.289 e. The quantitative estimate of drug-likeness (QED) is 0.183. The van der Waals surface area contributed by atoms with Gasteiger partial charge in [-0.25, -0.2) is 0 Å². The van der Waals surface area contributed by atoms with E-state index >= 15 is 0 Å². The van der Waals surface area contributed by atoms with E-state index in [0.717, 1.165) is 54.3 Å². The molecule has 2 aliphatic rings. The summed E-state index contributed by atoms with van der Waals surface area (Å²) in [6, 6.07) is 41.4. The summed E-state index contributed by atoms with van der Waals surface area (Å²) in [7, 11) is 0. The molecule has 5 aromatic rings. The van der Waals surface area contributed by atoms with Crippen molar-refractivity contribution in [1.29, 1.82) is 0 Å². The van der Waals surface area contributed by atoms with Crippen LogP contribution in [-0.4, -0.2) is 11.6 Å². The Balaban J connectivity index is 1.46. The Morgan fingerprint density at radius 3 is 1.16 bits per heavy atom. The summed E-state index contributed by atoms with van der Waals surface area (Å²) in [6.45, 7) is 8.00. The molecule has 0 unspecified atom stereocenters. The summed E-state index contributed by atoms with van der Waals surface area (Å²) in [5.41, 5.74) is 13.4. The standard InChI is InChI=1S/C46H36O2S/c1-29-15-19-35(20-16-29)43(37-25-31(3)45(47)39(27-37)33-11-7-5-8-12-33)41-23-24-42(49-41)44(36-21-17-30(2)18-22-36)38-26-32(4)46(48)40(28-38)34-13-9-6-10-14-34/h5-28H,1-4H3. The van der Waals surface area contributed by atoms with Crippen LogP contribution in [0.4, 0.5) is 0 Å². The van der Waals surface area contributed by atoms with Crippen LogP contribution in [0.5, 0.6) is 0 Å². The van der Waals surface area contributed by atoms with Gasteiger partial charge in [-0.1, -0.05) is 120 Å². The van der Waals surface area contributed by atoms with Gasteiger partial charge in [-0.05, 0) is 109 Å². The SMILES string of the molecule is CC1=CC(=C(c2ccc(C)cc2)c2ccc(C(=C3C=C(C)C(=O)C(c4ccccc4)=C3)c3ccc(C)cc3)s2)C=C(c2ccccc2)C1=O. The Morgan fingerprint density at radius 1 is 0.429 bits per heavy atom. The van der Waals surface area contributed by atoms with E-state index < -0.39 is 0 Å². The molecule has 0 saturated carbocycles. The molecule has 0 amide bonds. The average Bonchev–Trinajstić information content (AvgIpc) is 3.59. The number of hydrogen-bond acceptors (Lipinski definition) is 3. The van der Waals surface area contributed by atoms with E-state index in [9.17, 15) is 9.59 Å². The summed E-state index contributed by atoms with van der Waals surface area (Å²) in [6.07, 6.45) is 8.14. The summed E-state index contributed by atoms with van der Waals surface area (Å²) in [4.78, 5) is 29.1. The van der Waals surface area contributed by atoms with Gasteiger partial charge in [0.15, 0.2) is 11.6 Å². The smallest absolute Gasteiger partial charge is 0.189 e. The van der Waals surface area contributed by atoms with Gasteiger partial charge in [0.25, 0.3) is 0 Å². The molecule has 0 saturated heterocycles. The molecular weight excluding hydrogens is 617 g/mol. The lowest BCUT2D eigenvalue weighted by Gasteiger charge is -2.18. The maximum atomic E-state index is 13.4. The minimum atomic E-state index is 0.0477. The summed E-state index contributed by atoms with van der Waals surface area (Å²) >= 11 is 1.73. The van der Waals surface area contributed by atoms with Crippen molar-refractivity contribution < 1.29 is 9.59 Å². The number of allylic oxidation sites excluding steroid dienone is 10. The van der Waals surface area contributed by atoms with Crippen LogP contribution in [0.3, 0.4) is 0 Å². The molecule has 1 heterocycles. The second kappa shape index (κ2) is 13.5. The van der Waals surface area contributed by atoms with Gasteiger partial charge in [0.05, 0.1) is 0 Å². The number of thiophene rings is 1. The summed E-state index contributed by atoms with van der Waals surface area (Å²) in [5, 5.41) is 0. The van der Waals surface area contributed by atoms with Gasteiger partial charge >= 0.3 is 0 Å². The lowest BCUT2D eigenvalue weighted by molar-refractivity contribution is -0.111. The van der Waals surface area contributed by atoms with Crippen molar-refractivity contribution in [3.63, 3.8) is 0 Å². The maximum Gasteiger partial charge on any atom is 0.189 e. The third kappa shape index (κ3) is 6.46. The van der Waals surface area contributed by atoms with E-state index in [1.165, 1.54) is 11.1 Å². The molecule has 0 atom stereocenters. The Morgan fingerprint density at radius 2 is 0.796 bits per heavy atom. The zero-order valence-electron chi connectivity index (χ0n) is 28.1. The number of carbonyl (C=O) groups excluding carboxylic acids is 2. The summed E-state index contributed by atoms with van der Waals surface area (Å²) in [5.74, 6) is 0.0953. The van der Waals surface area contributed by atoms with E-state index in [1.807, 2.05) is 98.8 Å². The number of aryl methyl sites for hydroxylation is 2. The van der Waals surface area contributed by atoms with Crippen LogP contribution in [0.15, 0.2) is 168 Å². The molecule has 2 aliphatic carbocycles. The molecule has 4 aromatic carbocycles. The van der Waals surface area contributed by atoms with Gasteiger partial charge in [0, 0.05) is 32.0 Å². The van der Waals surface area contributed by atoms with Gasteiger partial charge in [-0.3, -0.25) is 9.59 Å². The van der Waals surface area contributed by atoms with Crippen molar-refractivity contribution in [2.45, 2.75) is 27.7 Å². The molecule has 49 heavy (non-hydrogen) atoms. The molecule has 7 rings (SSSR count). The minimum absolute atomic E-state index is 0.0477. The van der Waals surface area contributed by atoms with E-state index in [1.54, 1.807) is 11.3 Å². The number of benzene rings is 4. The highest BCUT2D eigenvalue weighted by Gasteiger charge is 2.25. The van der Waals surface area contributed by atoms with Crippen LogP contribution >= 0.6 is 11.3 Å². The Labute approximate surface area is 292 Å². The van der Waals surface area contributed by atoms with E-state index in [4.69, 9.17) is 0 Å². The lowest BCUT2D eigenvalue weighted by atomic mass is 9.86. The predicted octanol–water partition coefficient (Wildman–Crippen LogP) is 11.2. The molecule has 2 nitrogen and oxygen atoms in total. The number of hydrogen-bond donors (Lipinski definition) is 0.